The van der Waals surface area contributed by atoms with E-state index in [-0.39, 0.29) is 17.3 Å². The van der Waals surface area contributed by atoms with Crippen LogP contribution in [0.15, 0.2) is 0 Å². The molecule has 0 bridgehead atoms. The monoisotopic (exact) mass is 186 g/mol. The zero-order valence-corrected chi connectivity index (χ0v) is 9.68. The van der Waals surface area contributed by atoms with Crippen LogP contribution in [0.2, 0.25) is 0 Å². The molecule has 2 nitrogen and oxygen atoms in total. The van der Waals surface area contributed by atoms with Crippen molar-refractivity contribution >= 4 is 5.97 Å². The fourth-order valence-electron chi connectivity index (χ4n) is 1.42. The third-order valence-electron chi connectivity index (χ3n) is 2.24. The number of carbonyl (C=O) groups is 1. The van der Waals surface area contributed by atoms with E-state index < -0.39 is 0 Å². The zero-order valence-electron chi connectivity index (χ0n) is 9.68. The molecule has 0 aliphatic rings. The average molecular weight is 186 g/mol. The molecule has 78 valence electrons. The van der Waals surface area contributed by atoms with E-state index in [9.17, 15) is 4.79 Å². The lowest BCUT2D eigenvalue weighted by molar-refractivity contribution is -0.150. The Morgan fingerprint density at radius 1 is 1.31 bits per heavy atom. The topological polar surface area (TPSA) is 26.3 Å². The third kappa shape index (κ3) is 4.30. The number of methoxy groups -OCH3 is 1. The van der Waals surface area contributed by atoms with Gasteiger partial charge in [0.05, 0.1) is 13.0 Å². The number of carbonyl (C=O) groups excluding carboxylic acids is 1. The molecule has 0 saturated carbocycles. The minimum atomic E-state index is -0.0822. The second kappa shape index (κ2) is 4.64. The first-order chi connectivity index (χ1) is 5.79. The van der Waals surface area contributed by atoms with E-state index in [0.29, 0.717) is 5.92 Å². The summed E-state index contributed by atoms with van der Waals surface area (Å²) < 4.78 is 4.80. The first-order valence-electron chi connectivity index (χ1n) is 4.87. The second-order valence-electron chi connectivity index (χ2n) is 5.07. The fraction of sp³-hybridized carbons (Fsp3) is 0.909. The molecule has 0 heterocycles. The molecule has 0 rings (SSSR count). The molecule has 1 unspecified atom stereocenters. The van der Waals surface area contributed by atoms with E-state index in [1.54, 1.807) is 0 Å². The molecule has 2 heteroatoms. The van der Waals surface area contributed by atoms with Crippen molar-refractivity contribution in [1.82, 2.24) is 0 Å². The molecule has 1 atom stereocenters. The van der Waals surface area contributed by atoms with Crippen LogP contribution in [0, 0.1) is 17.3 Å². The Kier molecular flexibility index (Phi) is 4.45. The van der Waals surface area contributed by atoms with Gasteiger partial charge in [-0.15, -0.1) is 0 Å². The van der Waals surface area contributed by atoms with Gasteiger partial charge in [-0.1, -0.05) is 34.6 Å². The Morgan fingerprint density at radius 2 is 1.77 bits per heavy atom. The highest BCUT2D eigenvalue weighted by atomic mass is 16.5. The van der Waals surface area contributed by atoms with Gasteiger partial charge in [0.15, 0.2) is 0 Å². The summed E-state index contributed by atoms with van der Waals surface area (Å²) in [5.74, 6) is 0.460. The van der Waals surface area contributed by atoms with Crippen molar-refractivity contribution in [2.75, 3.05) is 7.11 Å². The van der Waals surface area contributed by atoms with Gasteiger partial charge in [-0.3, -0.25) is 4.79 Å². The van der Waals surface area contributed by atoms with Crippen LogP contribution in [0.1, 0.15) is 41.0 Å². The highest BCUT2D eigenvalue weighted by Crippen LogP contribution is 2.32. The lowest BCUT2D eigenvalue weighted by Gasteiger charge is -2.29. The van der Waals surface area contributed by atoms with Crippen molar-refractivity contribution < 1.29 is 9.53 Å². The zero-order chi connectivity index (χ0) is 10.6. The smallest absolute Gasteiger partial charge is 0.309 e. The highest BCUT2D eigenvalue weighted by Gasteiger charge is 2.32. The van der Waals surface area contributed by atoms with Gasteiger partial charge in [0.25, 0.3) is 0 Å². The van der Waals surface area contributed by atoms with Crippen molar-refractivity contribution in [3.05, 3.63) is 0 Å². The van der Waals surface area contributed by atoms with E-state index in [2.05, 4.69) is 34.6 Å². The van der Waals surface area contributed by atoms with Crippen molar-refractivity contribution in [3.8, 4) is 0 Å². The molecule has 0 spiro atoms. The molecule has 0 aromatic rings. The maximum Gasteiger partial charge on any atom is 0.309 e. The van der Waals surface area contributed by atoms with Gasteiger partial charge in [0.2, 0.25) is 0 Å². The molecule has 0 aromatic heterocycles. The van der Waals surface area contributed by atoms with E-state index in [1.165, 1.54) is 7.11 Å². The quantitative estimate of drug-likeness (QED) is 0.633. The molecule has 0 fully saturated rings. The van der Waals surface area contributed by atoms with E-state index in [0.717, 1.165) is 6.42 Å². The summed E-state index contributed by atoms with van der Waals surface area (Å²) in [4.78, 5) is 11.5. The third-order valence-corrected chi connectivity index (χ3v) is 2.24. The van der Waals surface area contributed by atoms with Gasteiger partial charge in [-0.05, 0) is 17.8 Å². The van der Waals surface area contributed by atoms with Crippen LogP contribution in [0.3, 0.4) is 0 Å². The molecule has 0 saturated heterocycles. The number of ether oxygens (including phenoxy) is 1. The fourth-order valence-corrected chi connectivity index (χ4v) is 1.42. The molecular formula is C11H22O2. The van der Waals surface area contributed by atoms with Crippen LogP contribution in [-0.4, -0.2) is 13.1 Å². The molecule has 0 aromatic carbocycles. The minimum absolute atomic E-state index is 0.00262. The minimum Gasteiger partial charge on any atom is -0.469 e. The Labute approximate surface area is 81.7 Å². The molecule has 0 N–H and O–H groups in total. The van der Waals surface area contributed by atoms with Crippen molar-refractivity contribution in [2.45, 2.75) is 41.0 Å². The van der Waals surface area contributed by atoms with Gasteiger partial charge in [0, 0.05) is 0 Å². The number of hydrogen-bond acceptors (Lipinski definition) is 2. The van der Waals surface area contributed by atoms with Crippen LogP contribution in [0.4, 0.5) is 0 Å². The maximum atomic E-state index is 11.5. The SMILES string of the molecule is COC(=O)C(CC(C)C)C(C)(C)C. The Bertz CT molecular complexity index is 165. The first kappa shape index (κ1) is 12.5. The standard InChI is InChI=1S/C11H22O2/c1-8(2)7-9(10(12)13-6)11(3,4)5/h8-9H,7H2,1-6H3. The lowest BCUT2D eigenvalue weighted by atomic mass is 9.76. The number of rotatable bonds is 3. The summed E-state index contributed by atoms with van der Waals surface area (Å²) in [6.45, 7) is 10.5. The van der Waals surface area contributed by atoms with Gasteiger partial charge in [0.1, 0.15) is 0 Å². The maximum absolute atomic E-state index is 11.5. The van der Waals surface area contributed by atoms with Crippen LogP contribution in [0.5, 0.6) is 0 Å². The summed E-state index contributed by atoms with van der Waals surface area (Å²) in [6.07, 6.45) is 0.899. The molecule has 0 aliphatic heterocycles. The van der Waals surface area contributed by atoms with E-state index >= 15 is 0 Å². The Hall–Kier alpha value is -0.530. The molecular weight excluding hydrogens is 164 g/mol. The van der Waals surface area contributed by atoms with E-state index in [1.807, 2.05) is 0 Å². The molecule has 13 heavy (non-hydrogen) atoms. The van der Waals surface area contributed by atoms with Gasteiger partial charge in [-0.2, -0.15) is 0 Å². The normalized spacial score (nSPS) is 14.4. The Balaban J connectivity index is 4.47. The average Bonchev–Trinajstić information content (AvgIpc) is 1.96. The van der Waals surface area contributed by atoms with Gasteiger partial charge in [-0.25, -0.2) is 0 Å². The van der Waals surface area contributed by atoms with Crippen molar-refractivity contribution in [3.63, 3.8) is 0 Å². The summed E-state index contributed by atoms with van der Waals surface area (Å²) >= 11 is 0. The lowest BCUT2D eigenvalue weighted by Crippen LogP contribution is -2.30. The van der Waals surface area contributed by atoms with Gasteiger partial charge >= 0.3 is 5.97 Å². The van der Waals surface area contributed by atoms with Crippen LogP contribution >= 0.6 is 0 Å². The van der Waals surface area contributed by atoms with Crippen LogP contribution < -0.4 is 0 Å². The van der Waals surface area contributed by atoms with E-state index in [4.69, 9.17) is 4.74 Å². The van der Waals surface area contributed by atoms with Crippen LogP contribution in [0.25, 0.3) is 0 Å². The van der Waals surface area contributed by atoms with Crippen LogP contribution in [-0.2, 0) is 9.53 Å². The summed E-state index contributed by atoms with van der Waals surface area (Å²) in [6, 6.07) is 0. The molecule has 0 radical (unpaired) electrons. The highest BCUT2D eigenvalue weighted by molar-refractivity contribution is 5.73. The summed E-state index contributed by atoms with van der Waals surface area (Å²) in [5, 5.41) is 0. The molecule has 0 aliphatic carbocycles. The predicted molar refractivity (Wildman–Crippen MR) is 54.4 cm³/mol. The summed E-state index contributed by atoms with van der Waals surface area (Å²) in [7, 11) is 1.46. The Morgan fingerprint density at radius 3 is 2.00 bits per heavy atom. The predicted octanol–water partition coefficient (Wildman–Crippen LogP) is 2.87. The van der Waals surface area contributed by atoms with Crippen molar-refractivity contribution in [1.29, 1.82) is 0 Å². The largest absolute Gasteiger partial charge is 0.469 e. The van der Waals surface area contributed by atoms with Crippen molar-refractivity contribution in [2.24, 2.45) is 17.3 Å². The number of hydrogen-bond donors (Lipinski definition) is 0. The number of esters is 1. The summed E-state index contributed by atoms with van der Waals surface area (Å²) in [5.41, 5.74) is -0.00262. The second-order valence-corrected chi connectivity index (χ2v) is 5.07. The van der Waals surface area contributed by atoms with Gasteiger partial charge < -0.3 is 4.74 Å². The first-order valence-corrected chi connectivity index (χ1v) is 4.87. The molecule has 0 amide bonds.